The van der Waals surface area contributed by atoms with Gasteiger partial charge in [0.05, 0.1) is 0 Å². The number of halogens is 2. The van der Waals surface area contributed by atoms with Crippen molar-refractivity contribution in [2.75, 3.05) is 0 Å². The number of rotatable bonds is 0. The summed E-state index contributed by atoms with van der Waals surface area (Å²) in [6, 6.07) is 0. The Bertz CT molecular complexity index is 6.00. The van der Waals surface area contributed by atoms with Crippen LogP contribution in [0, 0.1) is 0 Å². The van der Waals surface area contributed by atoms with Gasteiger partial charge in [-0.15, -0.1) is 0 Å². The van der Waals surface area contributed by atoms with Crippen molar-refractivity contribution in [3.63, 3.8) is 0 Å². The molecule has 0 N–H and O–H groups in total. The van der Waals surface area contributed by atoms with E-state index in [1.165, 1.54) is 0 Å². The van der Waals surface area contributed by atoms with E-state index in [0.29, 0.717) is 0 Å². The van der Waals surface area contributed by atoms with E-state index in [9.17, 15) is 0 Å². The van der Waals surface area contributed by atoms with Crippen LogP contribution < -0.4 is 24.8 Å². The van der Waals surface area contributed by atoms with Crippen molar-refractivity contribution in [3.8, 4) is 0 Å². The molecule has 0 aliphatic rings. The fraction of sp³-hybridized carbons (Fsp3) is 0. The van der Waals surface area contributed by atoms with Crippen molar-refractivity contribution in [2.24, 2.45) is 0 Å². The third-order valence-electron chi connectivity index (χ3n) is 0. The first-order valence-corrected chi connectivity index (χ1v) is 0. The summed E-state index contributed by atoms with van der Waals surface area (Å²) >= 11 is 0. The third kappa shape index (κ3) is 9.92. The van der Waals surface area contributed by atoms with Crippen molar-refractivity contribution in [1.82, 2.24) is 0 Å². The van der Waals surface area contributed by atoms with Crippen molar-refractivity contribution < 1.29 is 56.5 Å². The average Bonchev–Trinajstić information content (AvgIpc) is 0. The Morgan fingerprint density at radius 2 is 0.750 bits per heavy atom. The van der Waals surface area contributed by atoms with Crippen LogP contribution in [-0.2, 0) is 31.7 Å². The maximum Gasteiger partial charge on any atom is 4.00 e. The largest absolute Gasteiger partial charge is 4.00 e. The van der Waals surface area contributed by atoms with Crippen LogP contribution >= 0.6 is 0 Å². The molecule has 4 heteroatoms. The molecule has 24 valence electrons. The van der Waals surface area contributed by atoms with Gasteiger partial charge in [-0.1, -0.05) is 0 Å². The molecule has 0 amide bonds. The van der Waals surface area contributed by atoms with E-state index in [0.717, 1.165) is 0 Å². The Morgan fingerprint density at radius 1 is 0.750 bits per heavy atom. The predicted molar refractivity (Wildman–Crippen MR) is 0.686 cm³/mol. The zero-order valence-corrected chi connectivity index (χ0v) is 5.63. The van der Waals surface area contributed by atoms with Gasteiger partial charge in [-0.3, -0.25) is 0 Å². The summed E-state index contributed by atoms with van der Waals surface area (Å²) in [5.41, 5.74) is 0. The molecule has 0 aliphatic carbocycles. The first-order chi connectivity index (χ1) is 0. The van der Waals surface area contributed by atoms with Gasteiger partial charge in [0.15, 0.2) is 0 Å². The molecule has 1 nitrogen and oxygen atoms in total. The number of hydrogen-bond donors (Lipinski definition) is 0. The van der Waals surface area contributed by atoms with E-state index < -0.39 is 0 Å². The van der Waals surface area contributed by atoms with Gasteiger partial charge in [-0.25, -0.2) is 0 Å². The fourth-order valence-corrected chi connectivity index (χ4v) is 0. The predicted octanol–water partition coefficient (Wildman–Crippen LogP) is -6.11. The second kappa shape index (κ2) is 25.6. The van der Waals surface area contributed by atoms with Gasteiger partial charge in [0, 0.05) is 0 Å². The minimum atomic E-state index is 0. The Labute approximate surface area is 56.4 Å². The molecule has 0 aromatic rings. The first-order valence-electron chi connectivity index (χ1n) is 0. The summed E-state index contributed by atoms with van der Waals surface area (Å²) in [7, 11) is 0. The molecule has 0 saturated heterocycles. The average molecular weight is 178 g/mol. The molecule has 0 aromatic carbocycles. The van der Waals surface area contributed by atoms with Crippen molar-refractivity contribution in [2.45, 2.75) is 0 Å². The topological polar surface area (TPSA) is 28.5 Å². The molecule has 0 rings (SSSR count). The van der Waals surface area contributed by atoms with Crippen molar-refractivity contribution in [1.29, 1.82) is 0 Å². The summed E-state index contributed by atoms with van der Waals surface area (Å²) in [4.78, 5) is 0. The van der Waals surface area contributed by atoms with Gasteiger partial charge in [-0.2, -0.15) is 0 Å². The summed E-state index contributed by atoms with van der Waals surface area (Å²) in [6.45, 7) is 0. The van der Waals surface area contributed by atoms with Crippen LogP contribution in [0.15, 0.2) is 0 Å². The van der Waals surface area contributed by atoms with Crippen LogP contribution in [0.2, 0.25) is 0 Å². The molecule has 0 aromatic heterocycles. The summed E-state index contributed by atoms with van der Waals surface area (Å²) in [5.74, 6) is 0. The first kappa shape index (κ1) is 52.4. The Hall–Kier alpha value is 1.42. The van der Waals surface area contributed by atoms with Gasteiger partial charge < -0.3 is 30.3 Å². The van der Waals surface area contributed by atoms with Crippen molar-refractivity contribution >= 4 is 0 Å². The maximum atomic E-state index is 0. The van der Waals surface area contributed by atoms with E-state index in [1.54, 1.807) is 0 Å². The van der Waals surface area contributed by atoms with Crippen LogP contribution in [0.25, 0.3) is 0 Å². The van der Waals surface area contributed by atoms with E-state index in [-0.39, 0.29) is 56.5 Å². The molecule has 0 aliphatic heterocycles. The quantitative estimate of drug-likeness (QED) is 0.353. The van der Waals surface area contributed by atoms with Crippen LogP contribution in [0.1, 0.15) is 0 Å². The molecule has 0 saturated carbocycles. The van der Waals surface area contributed by atoms with Crippen LogP contribution in [0.5, 0.6) is 0 Å². The minimum absolute atomic E-state index is 0. The van der Waals surface area contributed by atoms with Gasteiger partial charge >= 0.3 is 26.2 Å². The SMILES string of the molecule is [Cl-].[Cl-].[O-2].[Zr+4]. The summed E-state index contributed by atoms with van der Waals surface area (Å²) < 4.78 is 0. The van der Waals surface area contributed by atoms with E-state index in [4.69, 9.17) is 0 Å². The van der Waals surface area contributed by atoms with E-state index >= 15 is 0 Å². The van der Waals surface area contributed by atoms with Gasteiger partial charge in [0.2, 0.25) is 0 Å². The molecule has 0 unspecified atom stereocenters. The Balaban J connectivity index is 0. The Morgan fingerprint density at radius 3 is 0.750 bits per heavy atom. The molecule has 0 heterocycles. The molecular weight excluding hydrogens is 178 g/mol. The molecule has 4 heavy (non-hydrogen) atoms. The van der Waals surface area contributed by atoms with E-state index in [2.05, 4.69) is 0 Å². The zero-order valence-electron chi connectivity index (χ0n) is 1.66. The summed E-state index contributed by atoms with van der Waals surface area (Å²) in [5, 5.41) is 0. The fourth-order valence-electron chi connectivity index (χ4n) is 0. The second-order valence-corrected chi connectivity index (χ2v) is 0. The maximum absolute atomic E-state index is 0. The Kier molecular flexibility index (Phi) is 335. The summed E-state index contributed by atoms with van der Waals surface area (Å²) in [6.07, 6.45) is 0. The third-order valence-corrected chi connectivity index (χ3v) is 0. The van der Waals surface area contributed by atoms with Gasteiger partial charge in [-0.05, 0) is 0 Å². The molecular formula is Cl2OZr. The molecule has 0 fully saturated rings. The number of hydrogen-bond acceptors (Lipinski definition) is 0. The molecule has 0 radical (unpaired) electrons. The second-order valence-electron chi connectivity index (χ2n) is 0. The molecule has 0 spiro atoms. The standard InChI is InChI=1S/2ClH.O.Zr/h2*1H;;/q;;-2;+4/p-2. The molecule has 0 atom stereocenters. The smallest absolute Gasteiger partial charge is 2.00 e. The van der Waals surface area contributed by atoms with Crippen LogP contribution in [0.4, 0.5) is 0 Å². The van der Waals surface area contributed by atoms with Gasteiger partial charge in [0.1, 0.15) is 0 Å². The van der Waals surface area contributed by atoms with Gasteiger partial charge in [0.25, 0.3) is 0 Å². The van der Waals surface area contributed by atoms with Crippen LogP contribution in [0.3, 0.4) is 0 Å². The normalized spacial score (nSPS) is 0. The van der Waals surface area contributed by atoms with Crippen molar-refractivity contribution in [3.05, 3.63) is 0 Å². The minimum Gasteiger partial charge on any atom is -2.00 e. The monoisotopic (exact) mass is 176 g/mol. The van der Waals surface area contributed by atoms with E-state index in [1.807, 2.05) is 0 Å². The van der Waals surface area contributed by atoms with Crippen LogP contribution in [-0.4, -0.2) is 0 Å². The molecule has 0 bridgehead atoms. The zero-order chi connectivity index (χ0) is 0.